The van der Waals surface area contributed by atoms with Crippen molar-refractivity contribution in [1.29, 1.82) is 0 Å². The van der Waals surface area contributed by atoms with Crippen LogP contribution < -0.4 is 0 Å². The van der Waals surface area contributed by atoms with Gasteiger partial charge in [0.1, 0.15) is 0 Å². The Morgan fingerprint density at radius 2 is 2.18 bits per heavy atom. The van der Waals surface area contributed by atoms with Gasteiger partial charge in [0.25, 0.3) is 0 Å². The molecule has 64 valence electrons. The highest BCUT2D eigenvalue weighted by Gasteiger charge is 2.33. The van der Waals surface area contributed by atoms with Crippen LogP contribution in [0.2, 0.25) is 0 Å². The average molecular weight is 176 g/mol. The van der Waals surface area contributed by atoms with Crippen LogP contribution in [0.3, 0.4) is 0 Å². The molecule has 0 bridgehead atoms. The van der Waals surface area contributed by atoms with Crippen LogP contribution in [0.1, 0.15) is 12.8 Å². The van der Waals surface area contributed by atoms with E-state index in [0.29, 0.717) is 23.5 Å². The highest BCUT2D eigenvalue weighted by molar-refractivity contribution is 7.91. The smallest absolute Gasteiger partial charge is 0.150 e. The molecule has 2 heterocycles. The summed E-state index contributed by atoms with van der Waals surface area (Å²) in [5.74, 6) is 1.17. The minimum absolute atomic E-state index is 0.382. The Balaban J connectivity index is 1.88. The van der Waals surface area contributed by atoms with Gasteiger partial charge in [-0.2, -0.15) is 0 Å². The molecule has 4 heteroatoms. The Morgan fingerprint density at radius 1 is 1.45 bits per heavy atom. The largest absolute Gasteiger partial charge is 0.373 e. The van der Waals surface area contributed by atoms with Gasteiger partial charge in [-0.05, 0) is 18.8 Å². The molecule has 0 amide bonds. The van der Waals surface area contributed by atoms with Crippen molar-refractivity contribution in [3.05, 3.63) is 0 Å². The third-order valence-corrected chi connectivity index (χ3v) is 4.16. The van der Waals surface area contributed by atoms with E-state index in [1.54, 1.807) is 0 Å². The van der Waals surface area contributed by atoms with Crippen LogP contribution in [0.25, 0.3) is 0 Å². The van der Waals surface area contributed by atoms with Crippen LogP contribution in [-0.4, -0.2) is 32.6 Å². The monoisotopic (exact) mass is 176 g/mol. The standard InChI is InChI=1S/C7H12O3S/c8-11(9)2-1-6(5-11)3-7-4-10-7/h6-7H,1-5H2. The molecule has 0 saturated carbocycles. The second kappa shape index (κ2) is 2.45. The molecule has 2 saturated heterocycles. The van der Waals surface area contributed by atoms with Crippen LogP contribution in [0, 0.1) is 5.92 Å². The fraction of sp³-hybridized carbons (Fsp3) is 1.00. The summed E-state index contributed by atoms with van der Waals surface area (Å²) in [5.41, 5.74) is 0. The summed E-state index contributed by atoms with van der Waals surface area (Å²) in [6.45, 7) is 0.844. The van der Waals surface area contributed by atoms with Crippen LogP contribution >= 0.6 is 0 Å². The number of rotatable bonds is 2. The lowest BCUT2D eigenvalue weighted by atomic mass is 10.0. The fourth-order valence-electron chi connectivity index (χ4n) is 1.63. The van der Waals surface area contributed by atoms with Crippen molar-refractivity contribution in [1.82, 2.24) is 0 Å². The molecule has 2 fully saturated rings. The van der Waals surface area contributed by atoms with Crippen LogP contribution in [0.4, 0.5) is 0 Å². The predicted molar refractivity (Wildman–Crippen MR) is 41.1 cm³/mol. The first-order chi connectivity index (χ1) is 5.16. The van der Waals surface area contributed by atoms with Crippen LogP contribution in [0.15, 0.2) is 0 Å². The molecule has 0 aliphatic carbocycles. The van der Waals surface area contributed by atoms with E-state index < -0.39 is 9.84 Å². The van der Waals surface area contributed by atoms with Gasteiger partial charge in [0, 0.05) is 0 Å². The molecule has 11 heavy (non-hydrogen) atoms. The highest BCUT2D eigenvalue weighted by atomic mass is 32.2. The lowest BCUT2D eigenvalue weighted by molar-refractivity contribution is 0.364. The molecule has 2 aliphatic heterocycles. The van der Waals surface area contributed by atoms with Crippen molar-refractivity contribution in [3.63, 3.8) is 0 Å². The Labute approximate surface area is 66.7 Å². The van der Waals surface area contributed by atoms with Gasteiger partial charge in [-0.1, -0.05) is 0 Å². The Bertz CT molecular complexity index is 240. The molecule has 0 aromatic rings. The Kier molecular flexibility index (Phi) is 1.68. The zero-order chi connectivity index (χ0) is 7.90. The van der Waals surface area contributed by atoms with Crippen molar-refractivity contribution in [2.75, 3.05) is 18.1 Å². The second-order valence-corrected chi connectivity index (χ2v) is 5.69. The first-order valence-electron chi connectivity index (χ1n) is 3.98. The fourth-order valence-corrected chi connectivity index (χ4v) is 3.51. The lowest BCUT2D eigenvalue weighted by Crippen LogP contribution is -2.06. The van der Waals surface area contributed by atoms with E-state index in [4.69, 9.17) is 4.74 Å². The number of ether oxygens (including phenoxy) is 1. The van der Waals surface area contributed by atoms with Gasteiger partial charge in [-0.25, -0.2) is 8.42 Å². The molecule has 3 nitrogen and oxygen atoms in total. The van der Waals surface area contributed by atoms with E-state index in [1.807, 2.05) is 0 Å². The third-order valence-electron chi connectivity index (χ3n) is 2.33. The molecule has 2 aliphatic rings. The van der Waals surface area contributed by atoms with Gasteiger partial charge in [-0.3, -0.25) is 0 Å². The molecular formula is C7H12O3S. The van der Waals surface area contributed by atoms with Gasteiger partial charge in [0.2, 0.25) is 0 Å². The third kappa shape index (κ3) is 1.93. The molecule has 0 aromatic carbocycles. The van der Waals surface area contributed by atoms with E-state index in [0.717, 1.165) is 19.4 Å². The summed E-state index contributed by atoms with van der Waals surface area (Å²) < 4.78 is 27.0. The summed E-state index contributed by atoms with van der Waals surface area (Å²) in [7, 11) is -2.67. The maximum atomic E-state index is 11.0. The normalized spacial score (nSPS) is 40.7. The van der Waals surface area contributed by atoms with Crippen molar-refractivity contribution in [2.24, 2.45) is 5.92 Å². The summed E-state index contributed by atoms with van der Waals surface area (Å²) in [5, 5.41) is 0. The predicted octanol–water partition coefficient (Wildman–Crippen LogP) is 0.210. The van der Waals surface area contributed by atoms with E-state index in [9.17, 15) is 8.42 Å². The quantitative estimate of drug-likeness (QED) is 0.565. The van der Waals surface area contributed by atoms with Gasteiger partial charge in [0.05, 0.1) is 24.2 Å². The van der Waals surface area contributed by atoms with Crippen molar-refractivity contribution < 1.29 is 13.2 Å². The van der Waals surface area contributed by atoms with E-state index in [2.05, 4.69) is 0 Å². The Hall–Kier alpha value is -0.0900. The van der Waals surface area contributed by atoms with E-state index in [-0.39, 0.29) is 0 Å². The van der Waals surface area contributed by atoms with Crippen LogP contribution in [0.5, 0.6) is 0 Å². The molecule has 2 rings (SSSR count). The van der Waals surface area contributed by atoms with Gasteiger partial charge < -0.3 is 4.74 Å². The molecule has 0 N–H and O–H groups in total. The zero-order valence-corrected chi connectivity index (χ0v) is 7.14. The van der Waals surface area contributed by atoms with Crippen molar-refractivity contribution in [2.45, 2.75) is 18.9 Å². The first kappa shape index (κ1) is 7.55. The Morgan fingerprint density at radius 3 is 2.64 bits per heavy atom. The number of epoxide rings is 1. The molecule has 0 aromatic heterocycles. The average Bonchev–Trinajstić information content (AvgIpc) is 2.61. The molecule has 2 atom stereocenters. The molecule has 2 unspecified atom stereocenters. The number of hydrogen-bond donors (Lipinski definition) is 0. The molecular weight excluding hydrogens is 164 g/mol. The van der Waals surface area contributed by atoms with E-state index in [1.165, 1.54) is 0 Å². The topological polar surface area (TPSA) is 46.7 Å². The summed E-state index contributed by atoms with van der Waals surface area (Å²) in [6, 6.07) is 0. The van der Waals surface area contributed by atoms with Crippen molar-refractivity contribution >= 4 is 9.84 Å². The zero-order valence-electron chi connectivity index (χ0n) is 6.32. The van der Waals surface area contributed by atoms with Crippen molar-refractivity contribution in [3.8, 4) is 0 Å². The number of hydrogen-bond acceptors (Lipinski definition) is 3. The summed E-state index contributed by atoms with van der Waals surface area (Å²) in [6.07, 6.45) is 2.19. The maximum absolute atomic E-state index is 11.0. The summed E-state index contributed by atoms with van der Waals surface area (Å²) >= 11 is 0. The minimum Gasteiger partial charge on any atom is -0.373 e. The van der Waals surface area contributed by atoms with Gasteiger partial charge in [-0.15, -0.1) is 0 Å². The molecule has 0 radical (unpaired) electrons. The maximum Gasteiger partial charge on any atom is 0.150 e. The SMILES string of the molecule is O=S1(=O)CCC(CC2CO2)C1. The number of sulfone groups is 1. The van der Waals surface area contributed by atoms with Gasteiger partial charge in [0.15, 0.2) is 9.84 Å². The highest BCUT2D eigenvalue weighted by Crippen LogP contribution is 2.27. The lowest BCUT2D eigenvalue weighted by Gasteiger charge is -2.01. The van der Waals surface area contributed by atoms with E-state index >= 15 is 0 Å². The summed E-state index contributed by atoms with van der Waals surface area (Å²) in [4.78, 5) is 0. The minimum atomic E-state index is -2.67. The van der Waals surface area contributed by atoms with Gasteiger partial charge >= 0.3 is 0 Å². The van der Waals surface area contributed by atoms with Crippen LogP contribution in [-0.2, 0) is 14.6 Å². The first-order valence-corrected chi connectivity index (χ1v) is 5.80. The second-order valence-electron chi connectivity index (χ2n) is 3.46. The molecule has 0 spiro atoms.